The SMILES string of the molecule is O=C(O)c1ccc(S(=O)(=O)N(CC2C=CSC2)c2ncc(C(F)(F)F)cc2Cl)cc1. The highest BCUT2D eigenvalue weighted by Crippen LogP contribution is 2.36. The smallest absolute Gasteiger partial charge is 0.417 e. The van der Waals surface area contributed by atoms with Gasteiger partial charge in [0.1, 0.15) is 0 Å². The lowest BCUT2D eigenvalue weighted by Gasteiger charge is -2.26. The Labute approximate surface area is 179 Å². The fourth-order valence-corrected chi connectivity index (χ4v) is 5.41. The van der Waals surface area contributed by atoms with Gasteiger partial charge >= 0.3 is 12.1 Å². The van der Waals surface area contributed by atoms with Gasteiger partial charge in [-0.25, -0.2) is 22.5 Å². The van der Waals surface area contributed by atoms with Gasteiger partial charge in [-0.05, 0) is 35.7 Å². The van der Waals surface area contributed by atoms with Gasteiger partial charge < -0.3 is 5.11 Å². The third-order valence-corrected chi connectivity index (χ3v) is 7.25. The number of hydrogen-bond acceptors (Lipinski definition) is 5. The molecule has 1 aromatic carbocycles. The number of carboxylic acid groups (broad SMARTS) is 1. The molecule has 0 radical (unpaired) electrons. The molecule has 0 spiro atoms. The van der Waals surface area contributed by atoms with Crippen LogP contribution >= 0.6 is 23.4 Å². The Hall–Kier alpha value is -2.24. The van der Waals surface area contributed by atoms with Gasteiger partial charge in [0.15, 0.2) is 5.82 Å². The maximum absolute atomic E-state index is 13.3. The van der Waals surface area contributed by atoms with Gasteiger partial charge in [0, 0.05) is 24.4 Å². The molecule has 0 bridgehead atoms. The van der Waals surface area contributed by atoms with Crippen molar-refractivity contribution in [1.29, 1.82) is 0 Å². The van der Waals surface area contributed by atoms with Crippen molar-refractivity contribution in [3.05, 3.63) is 64.2 Å². The van der Waals surface area contributed by atoms with Crippen molar-refractivity contribution in [2.24, 2.45) is 5.92 Å². The first-order valence-corrected chi connectivity index (χ1v) is 11.2. The van der Waals surface area contributed by atoms with Crippen LogP contribution in [0.5, 0.6) is 0 Å². The standard InChI is InChI=1S/C18H14ClF3N2O4S2/c19-15-7-13(18(20,21)22)8-23-16(15)24(9-11-5-6-29-10-11)30(27,28)14-3-1-12(2-4-14)17(25)26/h1-8,11H,9-10H2,(H,25,26). The number of aromatic nitrogens is 1. The van der Waals surface area contributed by atoms with Crippen LogP contribution < -0.4 is 4.31 Å². The number of thioether (sulfide) groups is 1. The molecule has 12 heteroatoms. The molecule has 0 aliphatic carbocycles. The van der Waals surface area contributed by atoms with Gasteiger partial charge in [-0.3, -0.25) is 0 Å². The summed E-state index contributed by atoms with van der Waals surface area (Å²) in [5.74, 6) is -1.18. The summed E-state index contributed by atoms with van der Waals surface area (Å²) < 4.78 is 66.2. The maximum atomic E-state index is 13.3. The molecule has 0 saturated carbocycles. The minimum atomic E-state index is -4.68. The predicted molar refractivity (Wildman–Crippen MR) is 107 cm³/mol. The topological polar surface area (TPSA) is 87.6 Å². The van der Waals surface area contributed by atoms with Crippen molar-refractivity contribution in [3.63, 3.8) is 0 Å². The first-order chi connectivity index (χ1) is 14.0. The van der Waals surface area contributed by atoms with Crippen LogP contribution in [0.15, 0.2) is 52.9 Å². The van der Waals surface area contributed by atoms with Gasteiger partial charge in [-0.2, -0.15) is 13.2 Å². The molecule has 1 aromatic heterocycles. The Morgan fingerprint density at radius 3 is 2.47 bits per heavy atom. The van der Waals surface area contributed by atoms with Crippen molar-refractivity contribution in [1.82, 2.24) is 4.98 Å². The van der Waals surface area contributed by atoms with E-state index in [4.69, 9.17) is 16.7 Å². The first-order valence-electron chi connectivity index (χ1n) is 8.37. The number of alkyl halides is 3. The van der Waals surface area contributed by atoms with Crippen LogP contribution in [0.1, 0.15) is 15.9 Å². The highest BCUT2D eigenvalue weighted by Gasteiger charge is 2.35. The summed E-state index contributed by atoms with van der Waals surface area (Å²) in [5.41, 5.74) is -1.21. The third-order valence-electron chi connectivity index (χ3n) is 4.23. The number of carboxylic acids is 1. The van der Waals surface area contributed by atoms with E-state index in [-0.39, 0.29) is 28.7 Å². The molecule has 1 unspecified atom stereocenters. The summed E-state index contributed by atoms with van der Waals surface area (Å²) in [6.07, 6.45) is -2.37. The van der Waals surface area contributed by atoms with Gasteiger partial charge in [0.2, 0.25) is 0 Å². The lowest BCUT2D eigenvalue weighted by molar-refractivity contribution is -0.137. The zero-order chi connectivity index (χ0) is 22.1. The fraction of sp³-hybridized carbons (Fsp3) is 0.222. The monoisotopic (exact) mass is 478 g/mol. The normalized spacial score (nSPS) is 16.6. The van der Waals surface area contributed by atoms with Crippen LogP contribution in [0.4, 0.5) is 19.0 Å². The molecule has 1 aliphatic heterocycles. The fourth-order valence-electron chi connectivity index (χ4n) is 2.69. The van der Waals surface area contributed by atoms with Crippen molar-refractivity contribution in [2.75, 3.05) is 16.6 Å². The van der Waals surface area contributed by atoms with Crippen molar-refractivity contribution in [2.45, 2.75) is 11.1 Å². The summed E-state index contributed by atoms with van der Waals surface area (Å²) in [4.78, 5) is 14.5. The Balaban J connectivity index is 2.06. The van der Waals surface area contributed by atoms with Crippen LogP contribution in [0, 0.1) is 5.92 Å². The molecule has 3 rings (SSSR count). The quantitative estimate of drug-likeness (QED) is 0.656. The van der Waals surface area contributed by atoms with E-state index >= 15 is 0 Å². The van der Waals surface area contributed by atoms with Crippen LogP contribution in [-0.4, -0.2) is 36.8 Å². The summed E-state index contributed by atoms with van der Waals surface area (Å²) in [7, 11) is -4.29. The number of halogens is 4. The molecular formula is C18H14ClF3N2O4S2. The van der Waals surface area contributed by atoms with Gasteiger partial charge in [-0.15, -0.1) is 11.8 Å². The molecular weight excluding hydrogens is 465 g/mol. The average Bonchev–Trinajstić information content (AvgIpc) is 3.19. The molecule has 1 atom stereocenters. The number of rotatable bonds is 6. The number of carbonyl (C=O) groups is 1. The highest BCUT2D eigenvalue weighted by atomic mass is 35.5. The molecule has 0 amide bonds. The van der Waals surface area contributed by atoms with Crippen LogP contribution in [-0.2, 0) is 16.2 Å². The van der Waals surface area contributed by atoms with Crippen molar-refractivity contribution >= 4 is 45.2 Å². The molecule has 0 fully saturated rings. The first kappa shape index (κ1) is 22.4. The number of sulfonamides is 1. The van der Waals surface area contributed by atoms with Gasteiger partial charge in [0.25, 0.3) is 10.0 Å². The number of benzene rings is 1. The van der Waals surface area contributed by atoms with E-state index in [0.717, 1.165) is 28.6 Å². The minimum Gasteiger partial charge on any atom is -0.478 e. The van der Waals surface area contributed by atoms with Crippen LogP contribution in [0.3, 0.4) is 0 Å². The van der Waals surface area contributed by atoms with E-state index in [2.05, 4.69) is 4.98 Å². The second kappa shape index (κ2) is 8.48. The lowest BCUT2D eigenvalue weighted by Crippen LogP contribution is -2.36. The molecule has 2 heterocycles. The molecule has 160 valence electrons. The molecule has 1 aliphatic rings. The Bertz CT molecular complexity index is 1090. The maximum Gasteiger partial charge on any atom is 0.417 e. The van der Waals surface area contributed by atoms with Gasteiger partial charge in [0.05, 0.1) is 21.0 Å². The molecule has 1 N–H and O–H groups in total. The van der Waals surface area contributed by atoms with E-state index in [1.54, 1.807) is 11.5 Å². The van der Waals surface area contributed by atoms with E-state index in [0.29, 0.717) is 18.0 Å². The molecule has 30 heavy (non-hydrogen) atoms. The van der Waals surface area contributed by atoms with Crippen molar-refractivity contribution in [3.8, 4) is 0 Å². The third kappa shape index (κ3) is 4.73. The summed E-state index contributed by atoms with van der Waals surface area (Å²) in [6.45, 7) is -0.0927. The van der Waals surface area contributed by atoms with E-state index in [9.17, 15) is 26.4 Å². The molecule has 6 nitrogen and oxygen atoms in total. The zero-order valence-corrected chi connectivity index (χ0v) is 17.4. The Kier molecular flexibility index (Phi) is 6.34. The van der Waals surface area contributed by atoms with E-state index < -0.39 is 32.8 Å². The lowest BCUT2D eigenvalue weighted by atomic mass is 10.2. The zero-order valence-electron chi connectivity index (χ0n) is 15.0. The van der Waals surface area contributed by atoms with E-state index in [1.165, 1.54) is 11.8 Å². The number of anilines is 1. The van der Waals surface area contributed by atoms with Crippen LogP contribution in [0.2, 0.25) is 5.02 Å². The second-order valence-corrected chi connectivity index (χ2v) is 9.52. The number of hydrogen-bond donors (Lipinski definition) is 1. The predicted octanol–water partition coefficient (Wildman–Crippen LogP) is 4.52. The van der Waals surface area contributed by atoms with Gasteiger partial charge in [-0.1, -0.05) is 17.7 Å². The summed E-state index contributed by atoms with van der Waals surface area (Å²) in [6, 6.07) is 5.10. The number of nitrogens with zero attached hydrogens (tertiary/aromatic N) is 2. The molecule has 0 saturated heterocycles. The molecule has 2 aromatic rings. The van der Waals surface area contributed by atoms with E-state index in [1.807, 2.05) is 0 Å². The highest BCUT2D eigenvalue weighted by molar-refractivity contribution is 8.02. The van der Waals surface area contributed by atoms with Crippen molar-refractivity contribution < 1.29 is 31.5 Å². The number of aromatic carboxylic acids is 1. The minimum absolute atomic E-state index is 0.0927. The summed E-state index contributed by atoms with van der Waals surface area (Å²) >= 11 is 7.48. The summed E-state index contributed by atoms with van der Waals surface area (Å²) in [5, 5.41) is 10.3. The number of pyridine rings is 1. The Morgan fingerprint density at radius 2 is 1.97 bits per heavy atom. The largest absolute Gasteiger partial charge is 0.478 e. The van der Waals surface area contributed by atoms with Crippen LogP contribution in [0.25, 0.3) is 0 Å². The second-order valence-electron chi connectivity index (χ2n) is 6.31. The Morgan fingerprint density at radius 1 is 1.30 bits per heavy atom. The average molecular weight is 479 g/mol.